The molecule has 2 heterocycles. The van der Waals surface area contributed by atoms with Gasteiger partial charge in [0, 0.05) is 38.2 Å². The third kappa shape index (κ3) is 4.95. The lowest BCUT2D eigenvalue weighted by molar-refractivity contribution is 0.102. The SMILES string of the molecule is Cc1ccc(NC(=O)c2c(-n3c(C)cc(C=Nc4ccc(Br)c(Cl)c4)c3C)sc3c2CCCC3)cc1. The number of fused-ring (bicyclic) bond motifs is 1. The molecule has 0 bridgehead atoms. The number of hydrogen-bond donors (Lipinski definition) is 1. The minimum atomic E-state index is -0.0412. The maximum Gasteiger partial charge on any atom is 0.258 e. The zero-order valence-corrected chi connectivity index (χ0v) is 23.6. The van der Waals surface area contributed by atoms with Crippen LogP contribution < -0.4 is 5.32 Å². The molecule has 0 aliphatic heterocycles. The molecule has 0 saturated carbocycles. The molecule has 7 heteroatoms. The summed E-state index contributed by atoms with van der Waals surface area (Å²) >= 11 is 11.4. The second kappa shape index (κ2) is 10.4. The van der Waals surface area contributed by atoms with Gasteiger partial charge in [-0.25, -0.2) is 0 Å². The summed E-state index contributed by atoms with van der Waals surface area (Å²) in [6, 6.07) is 15.7. The molecule has 4 nitrogen and oxygen atoms in total. The molecule has 2 aromatic carbocycles. The van der Waals surface area contributed by atoms with Gasteiger partial charge in [-0.05, 0) is 104 Å². The first kappa shape index (κ1) is 25.0. The van der Waals surface area contributed by atoms with E-state index in [1.807, 2.05) is 55.6 Å². The summed E-state index contributed by atoms with van der Waals surface area (Å²) in [6.07, 6.45) is 6.13. The lowest BCUT2D eigenvalue weighted by Gasteiger charge is -2.14. The van der Waals surface area contributed by atoms with E-state index < -0.39 is 0 Å². The van der Waals surface area contributed by atoms with Gasteiger partial charge in [-0.3, -0.25) is 9.79 Å². The van der Waals surface area contributed by atoms with Crippen LogP contribution in [0.3, 0.4) is 0 Å². The highest BCUT2D eigenvalue weighted by atomic mass is 79.9. The molecular weight excluding hydrogens is 554 g/mol. The first-order chi connectivity index (χ1) is 17.3. The molecule has 0 radical (unpaired) electrons. The number of amides is 1. The minimum Gasteiger partial charge on any atom is -0.322 e. The van der Waals surface area contributed by atoms with Crippen molar-refractivity contribution in [1.82, 2.24) is 4.57 Å². The molecule has 2 aromatic heterocycles. The molecule has 184 valence electrons. The Morgan fingerprint density at radius 1 is 1.08 bits per heavy atom. The van der Waals surface area contributed by atoms with Crippen LogP contribution in [0, 0.1) is 20.8 Å². The number of nitrogens with zero attached hydrogens (tertiary/aromatic N) is 2. The Kier molecular flexibility index (Phi) is 7.20. The van der Waals surface area contributed by atoms with Crippen molar-refractivity contribution in [2.75, 3.05) is 5.32 Å². The number of anilines is 1. The fourth-order valence-electron chi connectivity index (χ4n) is 4.71. The molecule has 0 atom stereocenters. The highest BCUT2D eigenvalue weighted by Gasteiger charge is 2.28. The van der Waals surface area contributed by atoms with Gasteiger partial charge in [0.25, 0.3) is 5.91 Å². The molecule has 4 aromatic rings. The van der Waals surface area contributed by atoms with E-state index in [1.54, 1.807) is 11.3 Å². The third-order valence-electron chi connectivity index (χ3n) is 6.62. The van der Waals surface area contributed by atoms with Crippen LogP contribution in [0.1, 0.15) is 56.2 Å². The normalized spacial score (nSPS) is 13.2. The summed E-state index contributed by atoms with van der Waals surface area (Å²) in [4.78, 5) is 19.6. The van der Waals surface area contributed by atoms with Crippen molar-refractivity contribution in [2.45, 2.75) is 46.5 Å². The van der Waals surface area contributed by atoms with Crippen LogP contribution in [0.5, 0.6) is 0 Å². The Bertz CT molecular complexity index is 1480. The molecular formula is C29H27BrClN3OS. The zero-order chi connectivity index (χ0) is 25.4. The van der Waals surface area contributed by atoms with Crippen LogP contribution in [0.4, 0.5) is 11.4 Å². The van der Waals surface area contributed by atoms with Crippen molar-refractivity contribution in [2.24, 2.45) is 4.99 Å². The molecule has 5 rings (SSSR count). The molecule has 1 aliphatic carbocycles. The van der Waals surface area contributed by atoms with E-state index in [-0.39, 0.29) is 5.91 Å². The number of thiophene rings is 1. The van der Waals surface area contributed by atoms with Crippen molar-refractivity contribution in [3.05, 3.63) is 96.5 Å². The second-order valence-electron chi connectivity index (χ2n) is 9.23. The van der Waals surface area contributed by atoms with E-state index in [0.29, 0.717) is 5.02 Å². The second-order valence-corrected chi connectivity index (χ2v) is 11.6. The largest absolute Gasteiger partial charge is 0.322 e. The topological polar surface area (TPSA) is 46.4 Å². The van der Waals surface area contributed by atoms with E-state index in [2.05, 4.69) is 50.7 Å². The lowest BCUT2D eigenvalue weighted by atomic mass is 9.95. The Morgan fingerprint density at radius 2 is 1.83 bits per heavy atom. The number of halogens is 2. The van der Waals surface area contributed by atoms with E-state index in [4.69, 9.17) is 11.6 Å². The van der Waals surface area contributed by atoms with Crippen LogP contribution in [0.2, 0.25) is 5.02 Å². The van der Waals surface area contributed by atoms with Gasteiger partial charge in [-0.15, -0.1) is 11.3 Å². The maximum atomic E-state index is 13.7. The number of rotatable bonds is 5. The zero-order valence-electron chi connectivity index (χ0n) is 20.5. The van der Waals surface area contributed by atoms with Crippen molar-refractivity contribution >= 4 is 62.4 Å². The van der Waals surface area contributed by atoms with Crippen molar-refractivity contribution in [1.29, 1.82) is 0 Å². The standard InChI is InChI=1S/C29H27BrClN3OS/c1-17-8-10-21(11-9-17)33-28(35)27-23-6-4-5-7-26(23)36-29(27)34-18(2)14-20(19(34)3)16-32-22-12-13-24(30)25(31)15-22/h8-16H,4-7H2,1-3H3,(H,33,35). The van der Waals surface area contributed by atoms with Crippen molar-refractivity contribution in [3.63, 3.8) is 0 Å². The molecule has 0 spiro atoms. The molecule has 0 saturated heterocycles. The molecule has 1 aliphatic rings. The molecule has 1 amide bonds. The van der Waals surface area contributed by atoms with Gasteiger partial charge in [0.15, 0.2) is 0 Å². The Morgan fingerprint density at radius 3 is 2.58 bits per heavy atom. The first-order valence-corrected chi connectivity index (χ1v) is 14.0. The molecule has 1 N–H and O–H groups in total. The van der Waals surface area contributed by atoms with Gasteiger partial charge in [-0.2, -0.15) is 0 Å². The number of nitrogens with one attached hydrogen (secondary N) is 1. The predicted octanol–water partition coefficient (Wildman–Crippen LogP) is 8.76. The summed E-state index contributed by atoms with van der Waals surface area (Å²) in [5.74, 6) is -0.0412. The number of aryl methyl sites for hydroxylation is 3. The molecule has 0 fully saturated rings. The van der Waals surface area contributed by atoms with Gasteiger partial charge in [0.2, 0.25) is 0 Å². The number of aliphatic imine (C=N–C) groups is 1. The lowest BCUT2D eigenvalue weighted by Crippen LogP contribution is -2.17. The fraction of sp³-hybridized carbons (Fsp3) is 0.241. The summed E-state index contributed by atoms with van der Waals surface area (Å²) in [6.45, 7) is 6.22. The fourth-order valence-corrected chi connectivity index (χ4v) is 6.63. The number of aromatic nitrogens is 1. The van der Waals surface area contributed by atoms with Crippen molar-refractivity contribution in [3.8, 4) is 5.00 Å². The Balaban J connectivity index is 1.54. The Hall–Kier alpha value is -2.67. The van der Waals surface area contributed by atoms with Gasteiger partial charge in [0.05, 0.1) is 16.3 Å². The molecule has 0 unspecified atom stereocenters. The number of carbonyl (C=O) groups is 1. The van der Waals surface area contributed by atoms with Crippen LogP contribution >= 0.6 is 38.9 Å². The van der Waals surface area contributed by atoms with Crippen LogP contribution in [0.25, 0.3) is 5.00 Å². The minimum absolute atomic E-state index is 0.0412. The van der Waals surface area contributed by atoms with Crippen molar-refractivity contribution < 1.29 is 4.79 Å². The predicted molar refractivity (Wildman–Crippen MR) is 155 cm³/mol. The average Bonchev–Trinajstić information content (AvgIpc) is 3.37. The van der Waals surface area contributed by atoms with E-state index in [0.717, 1.165) is 62.6 Å². The first-order valence-electron chi connectivity index (χ1n) is 12.0. The summed E-state index contributed by atoms with van der Waals surface area (Å²) in [5.41, 5.74) is 7.93. The van der Waals surface area contributed by atoms with Gasteiger partial charge in [0.1, 0.15) is 5.00 Å². The quantitative estimate of drug-likeness (QED) is 0.236. The number of carbonyl (C=O) groups excluding carboxylic acids is 1. The highest BCUT2D eigenvalue weighted by molar-refractivity contribution is 9.10. The third-order valence-corrected chi connectivity index (χ3v) is 9.13. The summed E-state index contributed by atoms with van der Waals surface area (Å²) < 4.78 is 3.06. The summed E-state index contributed by atoms with van der Waals surface area (Å²) in [5, 5.41) is 4.77. The average molecular weight is 581 g/mol. The van der Waals surface area contributed by atoms with Gasteiger partial charge >= 0.3 is 0 Å². The van der Waals surface area contributed by atoms with Gasteiger partial charge in [-0.1, -0.05) is 29.3 Å². The smallest absolute Gasteiger partial charge is 0.258 e. The molecule has 36 heavy (non-hydrogen) atoms. The highest BCUT2D eigenvalue weighted by Crippen LogP contribution is 2.39. The van der Waals surface area contributed by atoms with Crippen LogP contribution in [0.15, 0.2) is 58.0 Å². The summed E-state index contributed by atoms with van der Waals surface area (Å²) in [7, 11) is 0. The van der Waals surface area contributed by atoms with E-state index in [1.165, 1.54) is 22.4 Å². The van der Waals surface area contributed by atoms with Crippen LogP contribution in [-0.2, 0) is 12.8 Å². The van der Waals surface area contributed by atoms with E-state index >= 15 is 0 Å². The number of hydrogen-bond acceptors (Lipinski definition) is 3. The van der Waals surface area contributed by atoms with Gasteiger partial charge < -0.3 is 9.88 Å². The number of benzene rings is 2. The van der Waals surface area contributed by atoms with Crippen LogP contribution in [-0.4, -0.2) is 16.7 Å². The monoisotopic (exact) mass is 579 g/mol. The maximum absolute atomic E-state index is 13.7. The Labute approximate surface area is 229 Å². The van der Waals surface area contributed by atoms with E-state index in [9.17, 15) is 4.79 Å².